The van der Waals surface area contributed by atoms with Crippen LogP contribution in [0.25, 0.3) is 11.0 Å². The van der Waals surface area contributed by atoms with E-state index in [0.29, 0.717) is 0 Å². The summed E-state index contributed by atoms with van der Waals surface area (Å²) in [5.41, 5.74) is 10.8. The molecule has 0 bridgehead atoms. The number of benzene rings is 1. The van der Waals surface area contributed by atoms with Crippen molar-refractivity contribution < 1.29 is 4.57 Å². The van der Waals surface area contributed by atoms with Crippen LogP contribution < -0.4 is 10.3 Å². The first-order valence-electron chi connectivity index (χ1n) is 4.62. The lowest BCUT2D eigenvalue weighted by atomic mass is 10.2. The second-order valence-corrected chi connectivity index (χ2v) is 3.59. The molecule has 14 heavy (non-hydrogen) atoms. The average molecular weight is 188 g/mol. The summed E-state index contributed by atoms with van der Waals surface area (Å²) in [6.45, 7) is 4.08. The van der Waals surface area contributed by atoms with Crippen molar-refractivity contribution in [3.8, 4) is 0 Å². The van der Waals surface area contributed by atoms with Crippen molar-refractivity contribution >= 4 is 16.7 Å². The van der Waals surface area contributed by atoms with Crippen LogP contribution in [0.4, 0.5) is 5.69 Å². The molecule has 0 aliphatic rings. The van der Waals surface area contributed by atoms with Crippen molar-refractivity contribution in [1.82, 2.24) is 4.98 Å². The molecule has 2 N–H and O–H groups in total. The van der Waals surface area contributed by atoms with Crippen LogP contribution in [0.15, 0.2) is 18.2 Å². The van der Waals surface area contributed by atoms with Crippen molar-refractivity contribution in [1.29, 1.82) is 0 Å². The van der Waals surface area contributed by atoms with E-state index in [9.17, 15) is 0 Å². The smallest absolute Gasteiger partial charge is 0.233 e. The third kappa shape index (κ3) is 1.21. The van der Waals surface area contributed by atoms with Crippen LogP contribution in [0, 0.1) is 13.8 Å². The first kappa shape index (κ1) is 8.94. The predicted molar refractivity (Wildman–Crippen MR) is 56.8 cm³/mol. The van der Waals surface area contributed by atoms with Gasteiger partial charge in [-0.1, -0.05) is 0 Å². The molecule has 72 valence electrons. The summed E-state index contributed by atoms with van der Waals surface area (Å²) in [6, 6.07) is 5.79. The summed E-state index contributed by atoms with van der Waals surface area (Å²) in [5.74, 6) is 0. The monoisotopic (exact) mass is 188 g/mol. The number of rotatable bonds is 0. The summed E-state index contributed by atoms with van der Waals surface area (Å²) in [7, 11) is 2.03. The van der Waals surface area contributed by atoms with Crippen LogP contribution in [0.1, 0.15) is 11.4 Å². The Morgan fingerprint density at radius 2 is 2.00 bits per heavy atom. The molecule has 0 saturated carbocycles. The topological polar surface area (TPSA) is 42.8 Å². The van der Waals surface area contributed by atoms with Gasteiger partial charge in [-0.15, -0.1) is 0 Å². The van der Waals surface area contributed by atoms with Crippen molar-refractivity contribution in [3.63, 3.8) is 0 Å². The molecule has 0 radical (unpaired) electrons. The molecule has 2 rings (SSSR count). The molecular weight excluding hydrogens is 174 g/mol. The van der Waals surface area contributed by atoms with E-state index in [1.165, 1.54) is 5.69 Å². The van der Waals surface area contributed by atoms with Crippen molar-refractivity contribution in [3.05, 3.63) is 29.6 Å². The highest BCUT2D eigenvalue weighted by Gasteiger charge is 2.12. The predicted octanol–water partition coefficient (Wildman–Crippen LogP) is 1.26. The van der Waals surface area contributed by atoms with Gasteiger partial charge in [0.15, 0.2) is 5.69 Å². The third-order valence-corrected chi connectivity index (χ3v) is 2.68. The minimum atomic E-state index is 0.776. The number of nitrogens with two attached hydrogens (primary N) is 1. The Morgan fingerprint density at radius 1 is 1.29 bits per heavy atom. The Morgan fingerprint density at radius 3 is 2.71 bits per heavy atom. The van der Waals surface area contributed by atoms with Crippen molar-refractivity contribution in [2.24, 2.45) is 7.05 Å². The van der Waals surface area contributed by atoms with Crippen LogP contribution in [0.2, 0.25) is 0 Å². The number of anilines is 1. The summed E-state index contributed by atoms with van der Waals surface area (Å²) in [4.78, 5) is 4.50. The van der Waals surface area contributed by atoms with Crippen LogP contribution in [0.3, 0.4) is 0 Å². The van der Waals surface area contributed by atoms with Gasteiger partial charge in [0.05, 0.1) is 0 Å². The number of nitrogens with zero attached hydrogens (tertiary/aromatic N) is 2. The average Bonchev–Trinajstić information content (AvgIpc) is 2.16. The van der Waals surface area contributed by atoms with Gasteiger partial charge in [-0.05, 0) is 19.1 Å². The Labute approximate surface area is 83.2 Å². The van der Waals surface area contributed by atoms with Crippen LogP contribution in [0.5, 0.6) is 0 Å². The second-order valence-electron chi connectivity index (χ2n) is 3.59. The molecule has 1 aromatic heterocycles. The van der Waals surface area contributed by atoms with Gasteiger partial charge in [0.1, 0.15) is 18.3 Å². The molecule has 0 fully saturated rings. The van der Waals surface area contributed by atoms with E-state index >= 15 is 0 Å². The maximum Gasteiger partial charge on any atom is 0.233 e. The zero-order chi connectivity index (χ0) is 10.3. The Kier molecular flexibility index (Phi) is 1.88. The van der Waals surface area contributed by atoms with E-state index < -0.39 is 0 Å². The standard InChI is InChI=1S/C11H13N3/c1-7-8(2)14(3)11-6-9(12)4-5-10(11)13-7/h4-6,12H,1-3H3/p+1. The molecule has 0 atom stereocenters. The number of aryl methyl sites for hydroxylation is 2. The van der Waals surface area contributed by atoms with E-state index in [2.05, 4.69) is 16.5 Å². The van der Waals surface area contributed by atoms with Crippen molar-refractivity contribution in [2.45, 2.75) is 13.8 Å². The lowest BCUT2D eigenvalue weighted by Gasteiger charge is -2.02. The van der Waals surface area contributed by atoms with Crippen LogP contribution in [-0.4, -0.2) is 4.98 Å². The maximum atomic E-state index is 5.74. The zero-order valence-electron chi connectivity index (χ0n) is 8.70. The zero-order valence-corrected chi connectivity index (χ0v) is 8.70. The van der Waals surface area contributed by atoms with Crippen molar-refractivity contribution in [2.75, 3.05) is 5.73 Å². The summed E-state index contributed by atoms with van der Waals surface area (Å²) in [6.07, 6.45) is 0. The van der Waals surface area contributed by atoms with E-state index in [1.807, 2.05) is 32.2 Å². The van der Waals surface area contributed by atoms with E-state index in [4.69, 9.17) is 5.73 Å². The normalized spacial score (nSPS) is 10.8. The molecule has 0 aliphatic heterocycles. The largest absolute Gasteiger partial charge is 0.399 e. The number of hydrogen-bond donors (Lipinski definition) is 1. The van der Waals surface area contributed by atoms with E-state index in [0.717, 1.165) is 22.4 Å². The maximum absolute atomic E-state index is 5.74. The second kappa shape index (κ2) is 2.94. The number of aromatic nitrogens is 2. The highest BCUT2D eigenvalue weighted by molar-refractivity contribution is 5.75. The molecule has 0 spiro atoms. The van der Waals surface area contributed by atoms with Gasteiger partial charge in [-0.2, -0.15) is 4.57 Å². The lowest BCUT2D eigenvalue weighted by Crippen LogP contribution is -2.34. The minimum Gasteiger partial charge on any atom is -0.399 e. The van der Waals surface area contributed by atoms with Gasteiger partial charge in [0.2, 0.25) is 5.52 Å². The summed E-state index contributed by atoms with van der Waals surface area (Å²) >= 11 is 0. The summed E-state index contributed by atoms with van der Waals surface area (Å²) < 4.78 is 2.12. The number of fused-ring (bicyclic) bond motifs is 1. The molecule has 3 heteroatoms. The van der Waals surface area contributed by atoms with Gasteiger partial charge < -0.3 is 5.73 Å². The molecular formula is C11H14N3+. The molecule has 0 saturated heterocycles. The highest BCUT2D eigenvalue weighted by atomic mass is 15.0. The first-order chi connectivity index (χ1) is 6.59. The highest BCUT2D eigenvalue weighted by Crippen LogP contribution is 2.13. The fraction of sp³-hybridized carbons (Fsp3) is 0.273. The fourth-order valence-corrected chi connectivity index (χ4v) is 1.59. The van der Waals surface area contributed by atoms with E-state index in [1.54, 1.807) is 0 Å². The Balaban J connectivity index is 2.92. The first-order valence-corrected chi connectivity index (χ1v) is 4.62. The SMILES string of the molecule is Cc1nc2ccc(N)cc2[n+](C)c1C. The molecule has 3 nitrogen and oxygen atoms in total. The summed E-state index contributed by atoms with van der Waals surface area (Å²) in [5, 5.41) is 0. The number of hydrogen-bond acceptors (Lipinski definition) is 2. The number of nitrogen functional groups attached to an aromatic ring is 1. The van der Waals surface area contributed by atoms with Gasteiger partial charge in [0, 0.05) is 18.7 Å². The third-order valence-electron chi connectivity index (χ3n) is 2.68. The van der Waals surface area contributed by atoms with Crippen LogP contribution in [-0.2, 0) is 7.05 Å². The van der Waals surface area contributed by atoms with Gasteiger partial charge >= 0.3 is 0 Å². The van der Waals surface area contributed by atoms with E-state index in [-0.39, 0.29) is 0 Å². The Bertz CT molecular complexity index is 503. The molecule has 1 aromatic carbocycles. The van der Waals surface area contributed by atoms with Gasteiger partial charge in [0.25, 0.3) is 0 Å². The lowest BCUT2D eigenvalue weighted by molar-refractivity contribution is -0.652. The quantitative estimate of drug-likeness (QED) is 0.499. The van der Waals surface area contributed by atoms with Gasteiger partial charge in [-0.25, -0.2) is 4.98 Å². The molecule has 0 aliphatic carbocycles. The molecule has 2 aromatic rings. The minimum absolute atomic E-state index is 0.776. The molecule has 0 unspecified atom stereocenters. The molecule has 1 heterocycles. The fourth-order valence-electron chi connectivity index (χ4n) is 1.59. The Hall–Kier alpha value is -1.64. The van der Waals surface area contributed by atoms with Gasteiger partial charge in [-0.3, -0.25) is 0 Å². The molecule has 0 amide bonds. The van der Waals surface area contributed by atoms with Crippen LogP contribution >= 0.6 is 0 Å².